The van der Waals surface area contributed by atoms with Crippen LogP contribution in [0.5, 0.6) is 0 Å². The van der Waals surface area contributed by atoms with Crippen molar-refractivity contribution in [3.05, 3.63) is 204 Å². The van der Waals surface area contributed by atoms with Gasteiger partial charge < -0.3 is 14.0 Å². The molecule has 5 nitrogen and oxygen atoms in total. The summed E-state index contributed by atoms with van der Waals surface area (Å²) in [7, 11) is 0. The molecule has 7 aromatic carbocycles. The van der Waals surface area contributed by atoms with Gasteiger partial charge in [-0.05, 0) is 119 Å². The average Bonchev–Trinajstić information content (AvgIpc) is 3.94. The fourth-order valence-corrected chi connectivity index (χ4v) is 8.37. The Morgan fingerprint density at radius 2 is 1.30 bits per heavy atom. The molecule has 10 aromatic rings. The number of oxazole rings is 1. The molecular formula is C58H50IrN4O-2. The van der Waals surface area contributed by atoms with Crippen LogP contribution < -0.4 is 0 Å². The number of pyridine rings is 1. The van der Waals surface area contributed by atoms with Crippen LogP contribution in [0.25, 0.3) is 84.2 Å². The summed E-state index contributed by atoms with van der Waals surface area (Å²) in [6.07, 6.45) is 1.39. The van der Waals surface area contributed by atoms with Gasteiger partial charge in [0, 0.05) is 47.2 Å². The Morgan fingerprint density at radius 3 is 1.92 bits per heavy atom. The SMILES string of the molecule is Cc1cccc(C)c1-c1cc(-c2nc3ccccc3n2-c2c(C(C)C)cc(-c3ccccc3)cc2C(C)C)[c-]c2nc(-c3ccccc3)oc12.[2H]C([2H])([2H])c1ccc(-c2[c-]cccc2)nc1.[Ir]. The van der Waals surface area contributed by atoms with Crippen molar-refractivity contribution in [2.75, 3.05) is 0 Å². The first kappa shape index (κ1) is 40.1. The molecule has 6 heteroatoms. The maximum absolute atomic E-state index is 7.23. The van der Waals surface area contributed by atoms with Crippen LogP contribution in [0, 0.1) is 32.8 Å². The van der Waals surface area contributed by atoms with Crippen molar-refractivity contribution in [3.8, 4) is 62.0 Å². The van der Waals surface area contributed by atoms with Crippen molar-refractivity contribution in [1.29, 1.82) is 0 Å². The Kier molecular flexibility index (Phi) is 11.9. The number of benzene rings is 7. The van der Waals surface area contributed by atoms with E-state index in [0.29, 0.717) is 11.4 Å². The summed E-state index contributed by atoms with van der Waals surface area (Å²) in [5.41, 5.74) is 17.7. The van der Waals surface area contributed by atoms with Crippen LogP contribution >= 0.6 is 0 Å². The summed E-state index contributed by atoms with van der Waals surface area (Å²) in [6, 6.07) is 60.1. The molecule has 0 aliphatic carbocycles. The Morgan fingerprint density at radius 1 is 0.641 bits per heavy atom. The van der Waals surface area contributed by atoms with Gasteiger partial charge in [0.05, 0.1) is 22.4 Å². The molecule has 319 valence electrons. The van der Waals surface area contributed by atoms with Gasteiger partial charge in [-0.1, -0.05) is 124 Å². The number of aryl methyl sites for hydroxylation is 3. The zero-order valence-corrected chi connectivity index (χ0v) is 39.2. The quantitative estimate of drug-likeness (QED) is 0.142. The van der Waals surface area contributed by atoms with E-state index in [-0.39, 0.29) is 37.5 Å². The first-order valence-corrected chi connectivity index (χ1v) is 21.5. The van der Waals surface area contributed by atoms with Gasteiger partial charge in [0.1, 0.15) is 0 Å². The predicted octanol–water partition coefficient (Wildman–Crippen LogP) is 15.4. The maximum atomic E-state index is 7.23. The molecule has 0 aliphatic heterocycles. The summed E-state index contributed by atoms with van der Waals surface area (Å²) in [6.45, 7) is 11.4. The van der Waals surface area contributed by atoms with Gasteiger partial charge in [-0.25, -0.2) is 4.98 Å². The number of para-hydroxylation sites is 2. The molecule has 0 saturated heterocycles. The Hall–Kier alpha value is -6.72. The van der Waals surface area contributed by atoms with E-state index in [9.17, 15) is 0 Å². The molecule has 0 spiro atoms. The zero-order valence-electron chi connectivity index (χ0n) is 39.8. The normalized spacial score (nSPS) is 12.1. The minimum atomic E-state index is -2.09. The van der Waals surface area contributed by atoms with Crippen LogP contribution in [0.2, 0.25) is 0 Å². The fourth-order valence-electron chi connectivity index (χ4n) is 8.37. The van der Waals surface area contributed by atoms with E-state index < -0.39 is 6.85 Å². The topological polar surface area (TPSA) is 56.7 Å². The average molecular weight is 1010 g/mol. The van der Waals surface area contributed by atoms with Gasteiger partial charge >= 0.3 is 0 Å². The van der Waals surface area contributed by atoms with Crippen LogP contribution in [0.3, 0.4) is 0 Å². The molecule has 0 saturated carbocycles. The second-order valence-corrected chi connectivity index (χ2v) is 16.6. The third-order valence-electron chi connectivity index (χ3n) is 11.5. The van der Waals surface area contributed by atoms with Crippen molar-refractivity contribution in [2.45, 2.75) is 60.2 Å². The summed E-state index contributed by atoms with van der Waals surface area (Å²) in [4.78, 5) is 14.5. The molecule has 0 unspecified atom stereocenters. The zero-order chi connectivity index (χ0) is 46.1. The van der Waals surface area contributed by atoms with Crippen LogP contribution in [-0.2, 0) is 20.1 Å². The molecule has 0 amide bonds. The van der Waals surface area contributed by atoms with Gasteiger partial charge in [0.15, 0.2) is 0 Å². The summed E-state index contributed by atoms with van der Waals surface area (Å²) in [5, 5.41) is 0. The smallest absolute Gasteiger partial charge is 0.216 e. The standard InChI is InChI=1S/C46H40N3O.C12H10N.Ir/c1-28(2)36-24-34(32-18-9-7-10-19-32)25-37(29(3)4)43(36)49-41-23-14-13-22-39(41)47-45(49)35-26-38(42-30(5)16-15-17-31(42)6)44-40(27-35)48-46(50-44)33-20-11-8-12-21-33;1-10-7-8-12(13-9-10)11-5-3-2-4-6-11;/h7-26,28-29H,1-6H3;2-5,7-9H,1H3;/q2*-1;/i;1D3;. The van der Waals surface area contributed by atoms with E-state index in [1.54, 1.807) is 18.2 Å². The van der Waals surface area contributed by atoms with E-state index in [0.717, 1.165) is 56.0 Å². The van der Waals surface area contributed by atoms with E-state index in [2.05, 4.69) is 154 Å². The summed E-state index contributed by atoms with van der Waals surface area (Å²) in [5.74, 6) is 1.94. The third kappa shape index (κ3) is 8.77. The molecule has 0 N–H and O–H groups in total. The second kappa shape index (κ2) is 18.9. The van der Waals surface area contributed by atoms with Gasteiger partial charge in [-0.15, -0.1) is 53.6 Å². The molecule has 0 atom stereocenters. The first-order valence-electron chi connectivity index (χ1n) is 23.0. The van der Waals surface area contributed by atoms with Gasteiger partial charge in [-0.3, -0.25) is 4.98 Å². The molecular weight excluding hydrogens is 961 g/mol. The first-order chi connectivity index (χ1) is 31.9. The third-order valence-corrected chi connectivity index (χ3v) is 11.5. The fraction of sp³-hybridized carbons (Fsp3) is 0.155. The minimum absolute atomic E-state index is 0. The van der Waals surface area contributed by atoms with E-state index in [1.807, 2.05) is 48.5 Å². The van der Waals surface area contributed by atoms with Gasteiger partial charge in [0.2, 0.25) is 5.89 Å². The largest absolute Gasteiger partial charge is 0.484 e. The van der Waals surface area contributed by atoms with Crippen molar-refractivity contribution in [1.82, 2.24) is 19.5 Å². The Bertz CT molecular complexity index is 3260. The van der Waals surface area contributed by atoms with Gasteiger partial charge in [0.25, 0.3) is 0 Å². The Labute approximate surface area is 394 Å². The van der Waals surface area contributed by atoms with E-state index in [1.165, 1.54) is 45.3 Å². The number of fused-ring (bicyclic) bond motifs is 2. The van der Waals surface area contributed by atoms with Crippen LogP contribution in [0.4, 0.5) is 0 Å². The van der Waals surface area contributed by atoms with Crippen molar-refractivity contribution in [3.63, 3.8) is 0 Å². The maximum Gasteiger partial charge on any atom is 0.216 e. The van der Waals surface area contributed by atoms with Crippen LogP contribution in [0.15, 0.2) is 168 Å². The minimum Gasteiger partial charge on any atom is -0.484 e. The van der Waals surface area contributed by atoms with Crippen LogP contribution in [-0.4, -0.2) is 19.5 Å². The van der Waals surface area contributed by atoms with E-state index >= 15 is 0 Å². The molecule has 10 rings (SSSR count). The number of hydrogen-bond donors (Lipinski definition) is 0. The number of nitrogens with zero attached hydrogens (tertiary/aromatic N) is 4. The molecule has 0 aliphatic rings. The molecule has 64 heavy (non-hydrogen) atoms. The van der Waals surface area contributed by atoms with Crippen LogP contribution in [0.1, 0.15) is 71.5 Å². The second-order valence-electron chi connectivity index (χ2n) is 16.6. The molecule has 1 radical (unpaired) electrons. The summed E-state index contributed by atoms with van der Waals surface area (Å²) < 4.78 is 30.7. The Balaban J connectivity index is 0.000000303. The molecule has 0 fully saturated rings. The number of hydrogen-bond acceptors (Lipinski definition) is 4. The van der Waals surface area contributed by atoms with E-state index in [4.69, 9.17) is 18.5 Å². The molecule has 0 bridgehead atoms. The number of rotatable bonds is 8. The van der Waals surface area contributed by atoms with Crippen molar-refractivity contribution in [2.24, 2.45) is 0 Å². The van der Waals surface area contributed by atoms with Crippen molar-refractivity contribution < 1.29 is 28.6 Å². The predicted molar refractivity (Wildman–Crippen MR) is 260 cm³/mol. The van der Waals surface area contributed by atoms with Gasteiger partial charge in [-0.2, -0.15) is 0 Å². The number of imidazole rings is 1. The number of aromatic nitrogens is 4. The summed E-state index contributed by atoms with van der Waals surface area (Å²) >= 11 is 0. The monoisotopic (exact) mass is 1010 g/mol. The van der Waals surface area contributed by atoms with Crippen molar-refractivity contribution >= 4 is 22.1 Å². The molecule has 3 aromatic heterocycles. The molecule has 3 heterocycles.